The van der Waals surface area contributed by atoms with Crippen LogP contribution < -0.4 is 0 Å². The van der Waals surface area contributed by atoms with Gasteiger partial charge in [0.1, 0.15) is 17.5 Å². The van der Waals surface area contributed by atoms with Crippen LogP contribution >= 0.6 is 23.2 Å². The molecule has 2 rings (SSSR count). The van der Waals surface area contributed by atoms with Gasteiger partial charge in [-0.2, -0.15) is 13.2 Å². The summed E-state index contributed by atoms with van der Waals surface area (Å²) in [6.07, 6.45) is -3.80. The molecule has 1 aromatic carbocycles. The molecule has 1 aliphatic rings. The molecule has 0 heterocycles. The first-order valence-corrected chi connectivity index (χ1v) is 7.75. The summed E-state index contributed by atoms with van der Waals surface area (Å²) in [5.41, 5.74) is -0.278. The van der Waals surface area contributed by atoms with Crippen molar-refractivity contribution < 1.29 is 27.1 Å². The van der Waals surface area contributed by atoms with Crippen LogP contribution in [0.2, 0.25) is 5.02 Å². The van der Waals surface area contributed by atoms with Crippen molar-refractivity contribution in [2.75, 3.05) is 0 Å². The third kappa shape index (κ3) is 4.03. The summed E-state index contributed by atoms with van der Waals surface area (Å²) < 4.78 is 55.6. The van der Waals surface area contributed by atoms with Gasteiger partial charge >= 0.3 is 12.1 Å². The van der Waals surface area contributed by atoms with Gasteiger partial charge in [0.2, 0.25) is 0 Å². The average molecular weight is 385 g/mol. The van der Waals surface area contributed by atoms with Crippen LogP contribution in [-0.2, 0) is 16.1 Å². The molecule has 1 saturated carbocycles. The van der Waals surface area contributed by atoms with Gasteiger partial charge in [0, 0.05) is 5.56 Å². The highest BCUT2D eigenvalue weighted by molar-refractivity contribution is 6.31. The van der Waals surface area contributed by atoms with Crippen molar-refractivity contribution in [1.82, 2.24) is 0 Å². The largest absolute Gasteiger partial charge is 0.461 e. The molecule has 0 saturated heterocycles. The number of ether oxygens (including phenoxy) is 1. The Morgan fingerprint density at radius 1 is 1.38 bits per heavy atom. The standard InChI is InChI=1S/C16H14Cl2F4O2/c1-15(2)10(6-12(18)16(20,21)22)13(15)14(23)24-7-8-3-4-9(19)5-11(8)17/h3-6,10,13H,7H2,1-2H3/t10-,13-/m1/s1. The molecule has 0 N–H and O–H groups in total. The molecule has 0 bridgehead atoms. The molecule has 1 fully saturated rings. The van der Waals surface area contributed by atoms with Crippen molar-refractivity contribution in [3.05, 3.63) is 45.7 Å². The van der Waals surface area contributed by atoms with Gasteiger partial charge in [-0.05, 0) is 23.5 Å². The second-order valence-electron chi connectivity index (χ2n) is 6.18. The monoisotopic (exact) mass is 384 g/mol. The Morgan fingerprint density at radius 2 is 2.00 bits per heavy atom. The number of carbonyl (C=O) groups is 1. The van der Waals surface area contributed by atoms with Crippen LogP contribution in [0.25, 0.3) is 0 Å². The molecule has 0 aromatic heterocycles. The van der Waals surface area contributed by atoms with E-state index >= 15 is 0 Å². The third-order valence-electron chi connectivity index (χ3n) is 4.15. The smallest absolute Gasteiger partial charge is 0.426 e. The normalized spacial score (nSPS) is 23.1. The lowest BCUT2D eigenvalue weighted by molar-refractivity contribution is -0.147. The molecule has 8 heteroatoms. The van der Waals surface area contributed by atoms with Gasteiger partial charge in [-0.25, -0.2) is 4.39 Å². The summed E-state index contributed by atoms with van der Waals surface area (Å²) in [5.74, 6) is -2.56. The molecule has 0 unspecified atom stereocenters. The van der Waals surface area contributed by atoms with E-state index in [1.165, 1.54) is 12.1 Å². The highest BCUT2D eigenvalue weighted by atomic mass is 35.5. The Bertz CT molecular complexity index is 683. The zero-order valence-corrected chi connectivity index (χ0v) is 14.3. The summed E-state index contributed by atoms with van der Waals surface area (Å²) in [5, 5.41) is -1.15. The highest BCUT2D eigenvalue weighted by Gasteiger charge is 2.62. The molecule has 0 amide bonds. The van der Waals surface area contributed by atoms with Gasteiger partial charge in [0.25, 0.3) is 0 Å². The Hall–Kier alpha value is -1.27. The number of halogens is 6. The topological polar surface area (TPSA) is 26.3 Å². The molecular formula is C16H14Cl2F4O2. The van der Waals surface area contributed by atoms with Gasteiger partial charge in [-0.1, -0.05) is 49.2 Å². The Labute approximate surface area is 146 Å². The molecule has 2 atom stereocenters. The van der Waals surface area contributed by atoms with Crippen molar-refractivity contribution in [3.8, 4) is 0 Å². The molecule has 1 aromatic rings. The van der Waals surface area contributed by atoms with E-state index in [0.29, 0.717) is 5.56 Å². The van der Waals surface area contributed by atoms with Crippen LogP contribution in [0.5, 0.6) is 0 Å². The fraction of sp³-hybridized carbons (Fsp3) is 0.438. The molecule has 132 valence electrons. The molecular weight excluding hydrogens is 371 g/mol. The lowest BCUT2D eigenvalue weighted by Gasteiger charge is -2.07. The fourth-order valence-corrected chi connectivity index (χ4v) is 2.93. The molecule has 0 spiro atoms. The summed E-state index contributed by atoms with van der Waals surface area (Å²) in [6.45, 7) is 3.13. The summed E-state index contributed by atoms with van der Waals surface area (Å²) in [7, 11) is 0. The van der Waals surface area contributed by atoms with Crippen LogP contribution in [0, 0.1) is 23.1 Å². The Morgan fingerprint density at radius 3 is 2.54 bits per heavy atom. The predicted octanol–water partition coefficient (Wildman–Crippen LogP) is 5.48. The molecule has 1 aliphatic carbocycles. The van der Waals surface area contributed by atoms with E-state index in [2.05, 4.69) is 0 Å². The number of hydrogen-bond donors (Lipinski definition) is 0. The van der Waals surface area contributed by atoms with E-state index in [-0.39, 0.29) is 11.6 Å². The van der Waals surface area contributed by atoms with Crippen molar-refractivity contribution in [2.24, 2.45) is 17.3 Å². The number of hydrogen-bond acceptors (Lipinski definition) is 2. The highest BCUT2D eigenvalue weighted by Crippen LogP contribution is 2.60. The predicted molar refractivity (Wildman–Crippen MR) is 82.0 cm³/mol. The first-order valence-electron chi connectivity index (χ1n) is 6.99. The number of rotatable bonds is 4. The number of esters is 1. The maximum Gasteiger partial charge on any atom is 0.426 e. The van der Waals surface area contributed by atoms with Crippen LogP contribution in [0.4, 0.5) is 17.6 Å². The number of carbonyl (C=O) groups excluding carboxylic acids is 1. The minimum atomic E-state index is -4.64. The second kappa shape index (κ2) is 6.56. The van der Waals surface area contributed by atoms with Crippen molar-refractivity contribution in [1.29, 1.82) is 0 Å². The maximum absolute atomic E-state index is 13.0. The number of alkyl halides is 3. The van der Waals surface area contributed by atoms with Crippen molar-refractivity contribution in [3.63, 3.8) is 0 Å². The van der Waals surface area contributed by atoms with Crippen LogP contribution in [0.15, 0.2) is 29.3 Å². The van der Waals surface area contributed by atoms with E-state index in [9.17, 15) is 22.4 Å². The first-order chi connectivity index (χ1) is 10.9. The van der Waals surface area contributed by atoms with E-state index in [1.54, 1.807) is 13.8 Å². The van der Waals surface area contributed by atoms with Crippen molar-refractivity contribution in [2.45, 2.75) is 26.6 Å². The van der Waals surface area contributed by atoms with Crippen LogP contribution in [0.3, 0.4) is 0 Å². The SMILES string of the molecule is CC1(C)[C@H](C=C(Cl)C(F)(F)F)[C@@H]1C(=O)OCc1ccc(F)cc1Cl. The summed E-state index contributed by atoms with van der Waals surface area (Å²) in [4.78, 5) is 12.1. The first kappa shape index (κ1) is 19.1. The lowest BCUT2D eigenvalue weighted by atomic mass is 10.1. The number of allylic oxidation sites excluding steroid dienone is 2. The Balaban J connectivity index is 2.02. The fourth-order valence-electron chi connectivity index (χ4n) is 2.57. The van der Waals surface area contributed by atoms with E-state index in [0.717, 1.165) is 12.1 Å². The average Bonchev–Trinajstić information content (AvgIpc) is 2.97. The van der Waals surface area contributed by atoms with E-state index in [4.69, 9.17) is 27.9 Å². The molecule has 24 heavy (non-hydrogen) atoms. The van der Waals surface area contributed by atoms with E-state index < -0.39 is 40.2 Å². The van der Waals surface area contributed by atoms with Gasteiger partial charge in [0.05, 0.1) is 10.9 Å². The zero-order valence-electron chi connectivity index (χ0n) is 12.8. The van der Waals surface area contributed by atoms with Crippen LogP contribution in [-0.4, -0.2) is 12.1 Å². The van der Waals surface area contributed by atoms with Gasteiger partial charge in [-0.3, -0.25) is 4.79 Å². The maximum atomic E-state index is 13.0. The minimum absolute atomic E-state index is 0.106. The zero-order chi connectivity index (χ0) is 18.3. The molecule has 0 aliphatic heterocycles. The molecule has 0 radical (unpaired) electrons. The lowest BCUT2D eigenvalue weighted by Crippen LogP contribution is -2.11. The minimum Gasteiger partial charge on any atom is -0.461 e. The number of benzene rings is 1. The van der Waals surface area contributed by atoms with Gasteiger partial charge in [0.15, 0.2) is 0 Å². The van der Waals surface area contributed by atoms with Gasteiger partial charge in [-0.15, -0.1) is 0 Å². The summed E-state index contributed by atoms with van der Waals surface area (Å²) in [6, 6.07) is 3.63. The van der Waals surface area contributed by atoms with Crippen molar-refractivity contribution >= 4 is 29.2 Å². The Kier molecular flexibility index (Phi) is 5.21. The third-order valence-corrected chi connectivity index (χ3v) is 4.84. The van der Waals surface area contributed by atoms with E-state index in [1.807, 2.05) is 0 Å². The second-order valence-corrected chi connectivity index (χ2v) is 7.00. The molecule has 2 nitrogen and oxygen atoms in total. The quantitative estimate of drug-likeness (QED) is 0.507. The van der Waals surface area contributed by atoms with Crippen LogP contribution in [0.1, 0.15) is 19.4 Å². The van der Waals surface area contributed by atoms with Gasteiger partial charge < -0.3 is 4.74 Å². The summed E-state index contributed by atoms with van der Waals surface area (Å²) >= 11 is 11.1.